The number of rotatable bonds is 5. The van der Waals surface area contributed by atoms with Crippen molar-refractivity contribution in [1.82, 2.24) is 15.2 Å². The van der Waals surface area contributed by atoms with Crippen LogP contribution in [0.15, 0.2) is 53.7 Å². The highest BCUT2D eigenvalue weighted by atomic mass is 16.5. The van der Waals surface area contributed by atoms with E-state index in [0.717, 1.165) is 50.3 Å². The van der Waals surface area contributed by atoms with E-state index in [1.54, 1.807) is 7.11 Å². The first-order chi connectivity index (χ1) is 13.2. The van der Waals surface area contributed by atoms with Crippen molar-refractivity contribution in [2.24, 2.45) is 4.99 Å². The molecule has 1 unspecified atom stereocenters. The van der Waals surface area contributed by atoms with Gasteiger partial charge in [-0.1, -0.05) is 31.2 Å². The minimum Gasteiger partial charge on any atom is -0.496 e. The number of pyridine rings is 1. The van der Waals surface area contributed by atoms with E-state index in [2.05, 4.69) is 50.2 Å². The molecule has 1 aromatic heterocycles. The van der Waals surface area contributed by atoms with Crippen LogP contribution < -0.4 is 15.0 Å². The molecular weight excluding hydrogens is 338 g/mol. The number of piperazine rings is 1. The quantitative estimate of drug-likeness (QED) is 0.650. The van der Waals surface area contributed by atoms with E-state index >= 15 is 0 Å². The molecule has 6 heteroatoms. The van der Waals surface area contributed by atoms with Crippen molar-refractivity contribution in [1.29, 1.82) is 0 Å². The Labute approximate surface area is 161 Å². The monoisotopic (exact) mass is 367 g/mol. The van der Waals surface area contributed by atoms with Gasteiger partial charge in [0.2, 0.25) is 0 Å². The van der Waals surface area contributed by atoms with Gasteiger partial charge in [0.15, 0.2) is 5.96 Å². The predicted molar refractivity (Wildman–Crippen MR) is 111 cm³/mol. The molecule has 1 aliphatic rings. The fourth-order valence-electron chi connectivity index (χ4n) is 3.45. The molecule has 0 spiro atoms. The van der Waals surface area contributed by atoms with Crippen molar-refractivity contribution in [3.8, 4) is 5.75 Å². The molecule has 1 aromatic carbocycles. The van der Waals surface area contributed by atoms with Gasteiger partial charge in [0.05, 0.1) is 7.11 Å². The summed E-state index contributed by atoms with van der Waals surface area (Å²) < 4.78 is 5.49. The number of methoxy groups -OCH3 is 1. The summed E-state index contributed by atoms with van der Waals surface area (Å²) in [5, 5.41) is 3.53. The number of aliphatic imine (C=N–C) groups is 1. The Balaban J connectivity index is 1.54. The Bertz CT molecular complexity index is 741. The summed E-state index contributed by atoms with van der Waals surface area (Å²) in [5.74, 6) is 3.26. The second-order valence-corrected chi connectivity index (χ2v) is 6.73. The van der Waals surface area contributed by atoms with Crippen LogP contribution in [0.5, 0.6) is 5.75 Å². The maximum atomic E-state index is 5.49. The van der Waals surface area contributed by atoms with Crippen LogP contribution in [0.2, 0.25) is 0 Å². The van der Waals surface area contributed by atoms with E-state index in [4.69, 9.17) is 4.74 Å². The van der Waals surface area contributed by atoms with E-state index < -0.39 is 0 Å². The summed E-state index contributed by atoms with van der Waals surface area (Å²) in [7, 11) is 3.57. The summed E-state index contributed by atoms with van der Waals surface area (Å²) in [6.45, 7) is 6.77. The molecule has 2 heterocycles. The fraction of sp³-hybridized carbons (Fsp3) is 0.429. The number of ether oxygens (including phenoxy) is 1. The van der Waals surface area contributed by atoms with E-state index in [1.807, 2.05) is 37.5 Å². The van der Waals surface area contributed by atoms with Crippen LogP contribution in [0.25, 0.3) is 0 Å². The first kappa shape index (κ1) is 19.0. The molecule has 3 rings (SSSR count). The molecule has 1 fully saturated rings. The molecule has 27 heavy (non-hydrogen) atoms. The maximum Gasteiger partial charge on any atom is 0.193 e. The first-order valence-electron chi connectivity index (χ1n) is 9.47. The molecule has 6 nitrogen and oxygen atoms in total. The average molecular weight is 367 g/mol. The lowest BCUT2D eigenvalue weighted by molar-refractivity contribution is 0.370. The van der Waals surface area contributed by atoms with Crippen molar-refractivity contribution >= 4 is 11.8 Å². The normalized spacial score (nSPS) is 16.2. The van der Waals surface area contributed by atoms with Gasteiger partial charge >= 0.3 is 0 Å². The number of guanidine groups is 1. The number of nitrogens with zero attached hydrogens (tertiary/aromatic N) is 4. The van der Waals surface area contributed by atoms with Gasteiger partial charge in [-0.3, -0.25) is 4.99 Å². The smallest absolute Gasteiger partial charge is 0.193 e. The van der Waals surface area contributed by atoms with E-state index in [9.17, 15) is 0 Å². The number of anilines is 1. The molecule has 1 N–H and O–H groups in total. The van der Waals surface area contributed by atoms with Gasteiger partial charge in [-0.2, -0.15) is 0 Å². The second kappa shape index (κ2) is 9.26. The van der Waals surface area contributed by atoms with E-state index in [-0.39, 0.29) is 0 Å². The molecule has 0 amide bonds. The highest BCUT2D eigenvalue weighted by molar-refractivity contribution is 5.80. The third-order valence-electron chi connectivity index (χ3n) is 5.00. The summed E-state index contributed by atoms with van der Waals surface area (Å²) in [4.78, 5) is 13.6. The van der Waals surface area contributed by atoms with E-state index in [0.29, 0.717) is 5.92 Å². The molecule has 0 radical (unpaired) electrons. The first-order valence-corrected chi connectivity index (χ1v) is 9.47. The van der Waals surface area contributed by atoms with Crippen LogP contribution in [0.1, 0.15) is 18.4 Å². The highest BCUT2D eigenvalue weighted by Crippen LogP contribution is 2.25. The molecule has 144 valence electrons. The molecule has 0 saturated carbocycles. The summed E-state index contributed by atoms with van der Waals surface area (Å²) >= 11 is 0. The van der Waals surface area contributed by atoms with Crippen LogP contribution in [-0.4, -0.2) is 62.7 Å². The zero-order valence-electron chi connectivity index (χ0n) is 16.4. The predicted octanol–water partition coefficient (Wildman–Crippen LogP) is 2.59. The Morgan fingerprint density at radius 1 is 1.15 bits per heavy atom. The Kier molecular flexibility index (Phi) is 6.52. The van der Waals surface area contributed by atoms with Gasteiger partial charge < -0.3 is 19.9 Å². The minimum atomic E-state index is 0.327. The summed E-state index contributed by atoms with van der Waals surface area (Å²) in [6, 6.07) is 14.3. The standard InChI is InChI=1S/C21H29N5O/c1-17(18-8-4-5-9-19(18)27-3)16-24-21(22-2)26-14-12-25(13-15-26)20-10-6-7-11-23-20/h4-11,17H,12-16H2,1-3H3,(H,22,24). The SMILES string of the molecule is CN=C(NCC(C)c1ccccc1OC)N1CCN(c2ccccn2)CC1. The van der Waals surface area contributed by atoms with Crippen molar-refractivity contribution in [3.63, 3.8) is 0 Å². The third kappa shape index (κ3) is 4.70. The third-order valence-corrected chi connectivity index (χ3v) is 5.00. The molecule has 2 aromatic rings. The summed E-state index contributed by atoms with van der Waals surface area (Å²) in [5.41, 5.74) is 1.21. The second-order valence-electron chi connectivity index (χ2n) is 6.73. The molecule has 0 bridgehead atoms. The minimum absolute atomic E-state index is 0.327. The Hall–Kier alpha value is -2.76. The molecule has 1 saturated heterocycles. The number of benzene rings is 1. The van der Waals surface area contributed by atoms with Crippen LogP contribution in [0, 0.1) is 0 Å². The number of para-hydroxylation sites is 1. The lowest BCUT2D eigenvalue weighted by Crippen LogP contribution is -2.53. The largest absolute Gasteiger partial charge is 0.496 e. The molecular formula is C21H29N5O. The maximum absolute atomic E-state index is 5.49. The van der Waals surface area contributed by atoms with E-state index in [1.165, 1.54) is 5.56 Å². The fourth-order valence-corrected chi connectivity index (χ4v) is 3.45. The van der Waals surface area contributed by atoms with Gasteiger partial charge in [-0.25, -0.2) is 4.98 Å². The number of aromatic nitrogens is 1. The lowest BCUT2D eigenvalue weighted by Gasteiger charge is -2.37. The summed E-state index contributed by atoms with van der Waals surface area (Å²) in [6.07, 6.45) is 1.85. The molecule has 1 aliphatic heterocycles. The van der Waals surface area contributed by atoms with Gasteiger partial charge in [0.25, 0.3) is 0 Å². The van der Waals surface area contributed by atoms with Crippen molar-refractivity contribution in [2.75, 3.05) is 51.8 Å². The highest BCUT2D eigenvalue weighted by Gasteiger charge is 2.21. The van der Waals surface area contributed by atoms with Crippen molar-refractivity contribution < 1.29 is 4.74 Å². The van der Waals surface area contributed by atoms with Gasteiger partial charge in [0, 0.05) is 51.9 Å². The van der Waals surface area contributed by atoms with Crippen LogP contribution in [0.4, 0.5) is 5.82 Å². The Morgan fingerprint density at radius 2 is 1.89 bits per heavy atom. The van der Waals surface area contributed by atoms with Crippen LogP contribution >= 0.6 is 0 Å². The lowest BCUT2D eigenvalue weighted by atomic mass is 10.0. The van der Waals surface area contributed by atoms with Gasteiger partial charge in [-0.15, -0.1) is 0 Å². The van der Waals surface area contributed by atoms with Crippen LogP contribution in [0.3, 0.4) is 0 Å². The van der Waals surface area contributed by atoms with Gasteiger partial charge in [-0.05, 0) is 23.8 Å². The Morgan fingerprint density at radius 3 is 2.56 bits per heavy atom. The van der Waals surface area contributed by atoms with Crippen molar-refractivity contribution in [2.45, 2.75) is 12.8 Å². The number of hydrogen-bond donors (Lipinski definition) is 1. The molecule has 0 aliphatic carbocycles. The number of hydrogen-bond acceptors (Lipinski definition) is 4. The zero-order chi connectivity index (χ0) is 19.1. The van der Waals surface area contributed by atoms with Gasteiger partial charge in [0.1, 0.15) is 11.6 Å². The van der Waals surface area contributed by atoms with Crippen molar-refractivity contribution in [3.05, 3.63) is 54.2 Å². The number of nitrogens with one attached hydrogen (secondary N) is 1. The molecule has 1 atom stereocenters. The zero-order valence-corrected chi connectivity index (χ0v) is 16.4. The average Bonchev–Trinajstić information content (AvgIpc) is 2.75. The topological polar surface area (TPSA) is 53.0 Å². The van der Waals surface area contributed by atoms with Crippen LogP contribution in [-0.2, 0) is 0 Å².